The summed E-state index contributed by atoms with van der Waals surface area (Å²) in [7, 11) is 1.94. The van der Waals surface area contributed by atoms with Gasteiger partial charge < -0.3 is 9.64 Å². The van der Waals surface area contributed by atoms with E-state index in [1.54, 1.807) is 0 Å². The fourth-order valence-electron chi connectivity index (χ4n) is 1.96. The van der Waals surface area contributed by atoms with Crippen LogP contribution in [0.5, 0.6) is 5.75 Å². The highest BCUT2D eigenvalue weighted by Gasteiger charge is 2.22. The quantitative estimate of drug-likeness (QED) is 0.683. The molecule has 0 atom stereocenters. The largest absolute Gasteiger partial charge is 0.489 e. The van der Waals surface area contributed by atoms with E-state index in [2.05, 4.69) is 25.9 Å². The second-order valence-corrected chi connectivity index (χ2v) is 5.55. The Morgan fingerprint density at radius 2 is 2.17 bits per heavy atom. The lowest BCUT2D eigenvalue weighted by Crippen LogP contribution is -2.22. The van der Waals surface area contributed by atoms with E-state index in [1.165, 1.54) is 0 Å². The summed E-state index contributed by atoms with van der Waals surface area (Å²) in [5.41, 5.74) is 0.713. The molecule has 1 aliphatic heterocycles. The molecule has 0 radical (unpaired) electrons. The first kappa shape index (κ1) is 12.3. The van der Waals surface area contributed by atoms with Crippen LogP contribution in [0.15, 0.2) is 10.5 Å². The summed E-state index contributed by atoms with van der Waals surface area (Å²) in [4.78, 5) is 10.5. The monoisotopic (exact) mass is 347 g/mol. The van der Waals surface area contributed by atoms with E-state index < -0.39 is 0 Å². The second-order valence-electron chi connectivity index (χ2n) is 3.98. The molecule has 3 rings (SSSR count). The predicted molar refractivity (Wildman–Crippen MR) is 76.0 cm³/mol. The molecule has 18 heavy (non-hydrogen) atoms. The second kappa shape index (κ2) is 4.40. The Morgan fingerprint density at radius 3 is 2.94 bits per heavy atom. The number of rotatable bonds is 0. The molecule has 1 aromatic carbocycles. The Balaban J connectivity index is 2.48. The van der Waals surface area contributed by atoms with Gasteiger partial charge in [0, 0.05) is 11.5 Å². The summed E-state index contributed by atoms with van der Waals surface area (Å²) < 4.78 is 6.45. The van der Waals surface area contributed by atoms with Gasteiger partial charge in [0.2, 0.25) is 5.28 Å². The SMILES string of the molecule is CN1CCOc2c(Cl)c(Br)cc3nc(Cl)nc1c23. The third-order valence-corrected chi connectivity index (χ3v) is 4.22. The van der Waals surface area contributed by atoms with Crippen molar-refractivity contribution in [3.05, 3.63) is 20.8 Å². The standard InChI is InChI=1S/C11H8BrCl2N3O/c1-17-2-3-18-9-7-6(4-5(12)8(9)13)15-11(14)16-10(7)17/h4H,2-3H2,1H3. The van der Waals surface area contributed by atoms with E-state index in [9.17, 15) is 0 Å². The van der Waals surface area contributed by atoms with Gasteiger partial charge in [-0.25, -0.2) is 4.98 Å². The van der Waals surface area contributed by atoms with E-state index in [0.717, 1.165) is 15.7 Å². The molecule has 0 spiro atoms. The first-order chi connectivity index (χ1) is 8.58. The predicted octanol–water partition coefficient (Wildman–Crippen LogP) is 3.53. The molecule has 0 saturated heterocycles. The highest BCUT2D eigenvalue weighted by Crippen LogP contribution is 2.43. The lowest BCUT2D eigenvalue weighted by Gasteiger charge is -2.16. The molecule has 0 saturated carbocycles. The topological polar surface area (TPSA) is 38.2 Å². The number of halogens is 3. The third kappa shape index (κ3) is 1.81. The third-order valence-electron chi connectivity index (χ3n) is 2.82. The van der Waals surface area contributed by atoms with Gasteiger partial charge in [0.1, 0.15) is 12.4 Å². The summed E-state index contributed by atoms with van der Waals surface area (Å²) in [6.45, 7) is 1.25. The lowest BCUT2D eigenvalue weighted by atomic mass is 10.2. The molecule has 2 heterocycles. The lowest BCUT2D eigenvalue weighted by molar-refractivity contribution is 0.333. The molecule has 0 aliphatic carbocycles. The maximum atomic E-state index is 6.26. The number of aromatic nitrogens is 2. The molecule has 7 heteroatoms. The van der Waals surface area contributed by atoms with Crippen LogP contribution in [0.25, 0.3) is 10.9 Å². The zero-order chi connectivity index (χ0) is 12.9. The fraction of sp³-hybridized carbons (Fsp3) is 0.273. The van der Waals surface area contributed by atoms with Crippen molar-refractivity contribution in [2.75, 3.05) is 25.1 Å². The van der Waals surface area contributed by atoms with Crippen molar-refractivity contribution in [1.82, 2.24) is 9.97 Å². The molecular weight excluding hydrogens is 341 g/mol. The van der Waals surface area contributed by atoms with Crippen molar-refractivity contribution in [2.24, 2.45) is 0 Å². The zero-order valence-corrected chi connectivity index (χ0v) is 12.5. The summed E-state index contributed by atoms with van der Waals surface area (Å²) >= 11 is 15.6. The first-order valence-corrected chi connectivity index (χ1v) is 6.82. The molecule has 1 aliphatic rings. The van der Waals surface area contributed by atoms with Crippen LogP contribution >= 0.6 is 39.1 Å². The van der Waals surface area contributed by atoms with Crippen LogP contribution in [0.3, 0.4) is 0 Å². The molecule has 94 valence electrons. The van der Waals surface area contributed by atoms with Crippen molar-refractivity contribution in [3.8, 4) is 5.75 Å². The fourth-order valence-corrected chi connectivity index (χ4v) is 2.74. The molecule has 1 aromatic heterocycles. The average molecular weight is 349 g/mol. The maximum absolute atomic E-state index is 6.26. The number of nitrogens with zero attached hydrogens (tertiary/aromatic N) is 3. The van der Waals surface area contributed by atoms with Crippen molar-refractivity contribution in [3.63, 3.8) is 0 Å². The van der Waals surface area contributed by atoms with Gasteiger partial charge in [0.25, 0.3) is 0 Å². The van der Waals surface area contributed by atoms with E-state index >= 15 is 0 Å². The van der Waals surface area contributed by atoms with E-state index in [1.807, 2.05) is 18.0 Å². The van der Waals surface area contributed by atoms with Gasteiger partial charge in [-0.3, -0.25) is 0 Å². The minimum absolute atomic E-state index is 0.214. The van der Waals surface area contributed by atoms with Crippen LogP contribution in [0.4, 0.5) is 5.82 Å². The highest BCUT2D eigenvalue weighted by atomic mass is 79.9. The molecule has 0 bridgehead atoms. The molecule has 0 fully saturated rings. The molecule has 0 N–H and O–H groups in total. The molecular formula is C11H8BrCl2N3O. The van der Waals surface area contributed by atoms with Crippen molar-refractivity contribution >= 4 is 55.9 Å². The normalized spacial score (nSPS) is 14.6. The summed E-state index contributed by atoms with van der Waals surface area (Å²) in [5, 5.41) is 1.55. The number of likely N-dealkylation sites (N-methyl/N-ethyl adjacent to an activating group) is 1. The van der Waals surface area contributed by atoms with Crippen LogP contribution in [-0.2, 0) is 0 Å². The van der Waals surface area contributed by atoms with Crippen LogP contribution in [-0.4, -0.2) is 30.2 Å². The van der Waals surface area contributed by atoms with E-state index in [4.69, 9.17) is 27.9 Å². The number of hydrogen-bond acceptors (Lipinski definition) is 4. The Morgan fingerprint density at radius 1 is 1.39 bits per heavy atom. The number of benzene rings is 1. The molecule has 4 nitrogen and oxygen atoms in total. The zero-order valence-electron chi connectivity index (χ0n) is 9.38. The molecule has 2 aromatic rings. The van der Waals surface area contributed by atoms with Gasteiger partial charge in [-0.2, -0.15) is 4.98 Å². The number of hydrogen-bond donors (Lipinski definition) is 0. The Labute approximate surface area is 122 Å². The highest BCUT2D eigenvalue weighted by molar-refractivity contribution is 9.10. The smallest absolute Gasteiger partial charge is 0.224 e. The van der Waals surface area contributed by atoms with E-state index in [0.29, 0.717) is 29.4 Å². The Hall–Kier alpha value is -0.780. The van der Waals surface area contributed by atoms with Gasteiger partial charge in [-0.1, -0.05) is 11.6 Å². The first-order valence-electron chi connectivity index (χ1n) is 5.27. The maximum Gasteiger partial charge on any atom is 0.224 e. The average Bonchev–Trinajstić information content (AvgIpc) is 2.47. The van der Waals surface area contributed by atoms with Crippen molar-refractivity contribution in [2.45, 2.75) is 0 Å². The summed E-state index contributed by atoms with van der Waals surface area (Å²) in [6, 6.07) is 1.82. The Kier molecular flexibility index (Phi) is 3.00. The van der Waals surface area contributed by atoms with Gasteiger partial charge in [0.05, 0.1) is 22.5 Å². The van der Waals surface area contributed by atoms with Gasteiger partial charge in [-0.15, -0.1) is 0 Å². The van der Waals surface area contributed by atoms with Crippen LogP contribution in [0, 0.1) is 0 Å². The minimum Gasteiger partial charge on any atom is -0.489 e. The summed E-state index contributed by atoms with van der Waals surface area (Å²) in [5.74, 6) is 1.35. The van der Waals surface area contributed by atoms with Gasteiger partial charge >= 0.3 is 0 Å². The Bertz CT molecular complexity index is 650. The van der Waals surface area contributed by atoms with Crippen LogP contribution < -0.4 is 9.64 Å². The van der Waals surface area contributed by atoms with Gasteiger partial charge in [-0.05, 0) is 33.6 Å². The number of anilines is 1. The summed E-state index contributed by atoms with van der Waals surface area (Å²) in [6.07, 6.45) is 0. The van der Waals surface area contributed by atoms with E-state index in [-0.39, 0.29) is 5.28 Å². The molecule has 0 unspecified atom stereocenters. The van der Waals surface area contributed by atoms with Crippen LogP contribution in [0.2, 0.25) is 10.3 Å². The van der Waals surface area contributed by atoms with Gasteiger partial charge in [0.15, 0.2) is 5.75 Å². The van der Waals surface area contributed by atoms with Crippen LogP contribution in [0.1, 0.15) is 0 Å². The van der Waals surface area contributed by atoms with Crippen molar-refractivity contribution < 1.29 is 4.74 Å². The van der Waals surface area contributed by atoms with Crippen molar-refractivity contribution in [1.29, 1.82) is 0 Å². The number of ether oxygens (including phenoxy) is 1. The molecule has 0 amide bonds. The minimum atomic E-state index is 0.214.